The molecule has 5 nitrogen and oxygen atoms in total. The highest BCUT2D eigenvalue weighted by Crippen LogP contribution is 2.17. The number of benzene rings is 1. The molecule has 17 heavy (non-hydrogen) atoms. The fourth-order valence-electron chi connectivity index (χ4n) is 0.814. The number of rotatable bonds is 2. The molecule has 0 amide bonds. The maximum Gasteiger partial charge on any atom is 0.379 e. The van der Waals surface area contributed by atoms with E-state index in [2.05, 4.69) is 4.36 Å². The largest absolute Gasteiger partial charge is 0.478 e. The minimum Gasteiger partial charge on any atom is -0.478 e. The van der Waals surface area contributed by atoms with Crippen molar-refractivity contribution in [2.45, 2.75) is 6.68 Å². The van der Waals surface area contributed by atoms with Crippen LogP contribution in [0.3, 0.4) is 0 Å². The summed E-state index contributed by atoms with van der Waals surface area (Å²) in [7, 11) is -2.63. The summed E-state index contributed by atoms with van der Waals surface area (Å²) in [5.74, 6) is -1.20. The van der Waals surface area contributed by atoms with Gasteiger partial charge in [0.2, 0.25) is 0 Å². The number of nitrogens with zero attached hydrogens (tertiary/aromatic N) is 1. The van der Waals surface area contributed by atoms with E-state index in [1.54, 1.807) is 0 Å². The molecule has 0 unspecified atom stereocenters. The van der Waals surface area contributed by atoms with Gasteiger partial charge in [-0.1, -0.05) is 12.1 Å². The van der Waals surface area contributed by atoms with E-state index in [1.165, 1.54) is 24.3 Å². The highest BCUT2D eigenvalue weighted by molar-refractivity contribution is 7.61. The van der Waals surface area contributed by atoms with Crippen molar-refractivity contribution in [3.63, 3.8) is 0 Å². The number of aromatic carboxylic acids is 1. The molecule has 1 N–H and O–H groups in total. The average molecular weight is 269 g/mol. The summed E-state index contributed by atoms with van der Waals surface area (Å²) in [6, 6.07) is 5.61. The molecule has 0 atom stereocenters. The second-order valence-corrected chi connectivity index (χ2v) is 2.99. The van der Waals surface area contributed by atoms with Gasteiger partial charge in [0.1, 0.15) is 0 Å². The van der Waals surface area contributed by atoms with Crippen LogP contribution in [0.5, 0.6) is 0 Å². The van der Waals surface area contributed by atoms with Crippen molar-refractivity contribution in [2.75, 3.05) is 0 Å². The van der Waals surface area contributed by atoms with Crippen LogP contribution in [-0.4, -0.2) is 26.2 Å². The predicted molar refractivity (Wildman–Crippen MR) is 51.5 cm³/mol. The van der Waals surface area contributed by atoms with Crippen LogP contribution >= 0.6 is 0 Å². The lowest BCUT2D eigenvalue weighted by atomic mass is 10.2. The fraction of sp³-hybridized carbons (Fsp3) is 0.125. The summed E-state index contributed by atoms with van der Waals surface area (Å²) < 4.78 is 52.5. The van der Waals surface area contributed by atoms with Gasteiger partial charge in [0.05, 0.1) is 11.3 Å². The van der Waals surface area contributed by atoms with Crippen molar-refractivity contribution in [1.29, 1.82) is 0 Å². The first-order valence-electron chi connectivity index (χ1n) is 3.90. The molecular formula is C8H6F3NO4S. The molecule has 0 saturated heterocycles. The maximum absolute atomic E-state index is 10.5. The van der Waals surface area contributed by atoms with Gasteiger partial charge in [-0.25, -0.2) is 4.79 Å². The van der Waals surface area contributed by atoms with Crippen LogP contribution in [0, 0.1) is 0 Å². The maximum atomic E-state index is 10.5. The van der Waals surface area contributed by atoms with Gasteiger partial charge in [0, 0.05) is 0 Å². The molecule has 0 radical (unpaired) electrons. The van der Waals surface area contributed by atoms with E-state index in [0.29, 0.717) is 0 Å². The molecule has 0 saturated carbocycles. The van der Waals surface area contributed by atoms with Crippen molar-refractivity contribution >= 4 is 22.2 Å². The van der Waals surface area contributed by atoms with Crippen LogP contribution in [0.4, 0.5) is 18.9 Å². The van der Waals surface area contributed by atoms with Gasteiger partial charge in [-0.05, 0) is 12.1 Å². The number of alkyl halides is 3. The van der Waals surface area contributed by atoms with Crippen LogP contribution in [0.25, 0.3) is 0 Å². The van der Waals surface area contributed by atoms with Gasteiger partial charge in [0.25, 0.3) is 0 Å². The molecule has 0 aliphatic heterocycles. The van der Waals surface area contributed by atoms with Crippen LogP contribution in [0.2, 0.25) is 0 Å². The Hall–Kier alpha value is -1.90. The Morgan fingerprint density at radius 1 is 1.24 bits per heavy atom. The quantitative estimate of drug-likeness (QED) is 0.892. The van der Waals surface area contributed by atoms with Gasteiger partial charge in [-0.2, -0.15) is 21.6 Å². The Kier molecular flexibility index (Phi) is 6.56. The van der Waals surface area contributed by atoms with Gasteiger partial charge >= 0.3 is 23.1 Å². The minimum atomic E-state index is -3.67. The highest BCUT2D eigenvalue weighted by Gasteiger charge is 2.07. The van der Waals surface area contributed by atoms with E-state index < -0.39 is 23.1 Å². The zero-order chi connectivity index (χ0) is 13.4. The fourth-order valence-corrected chi connectivity index (χ4v) is 1.13. The van der Waals surface area contributed by atoms with E-state index in [-0.39, 0.29) is 11.3 Å². The van der Waals surface area contributed by atoms with E-state index in [1.807, 2.05) is 0 Å². The first-order valence-corrected chi connectivity index (χ1v) is 4.93. The zero-order valence-corrected chi connectivity index (χ0v) is 8.86. The lowest BCUT2D eigenvalue weighted by Crippen LogP contribution is -1.95. The van der Waals surface area contributed by atoms with Gasteiger partial charge in [-0.15, -0.1) is 4.36 Å². The third-order valence-electron chi connectivity index (χ3n) is 1.31. The van der Waals surface area contributed by atoms with Gasteiger partial charge < -0.3 is 5.11 Å². The monoisotopic (exact) mass is 269 g/mol. The second-order valence-electron chi connectivity index (χ2n) is 2.38. The first-order chi connectivity index (χ1) is 7.84. The number of carbonyl (C=O) groups is 1. The zero-order valence-electron chi connectivity index (χ0n) is 8.05. The third kappa shape index (κ3) is 7.06. The Morgan fingerprint density at radius 3 is 2.12 bits per heavy atom. The Bertz CT molecular complexity index is 505. The molecule has 0 heterocycles. The smallest absolute Gasteiger partial charge is 0.379 e. The molecule has 0 aliphatic carbocycles. The number of carboxylic acid groups (broad SMARTS) is 1. The number of hydrogen-bond acceptors (Lipinski definition) is 4. The molecule has 0 bridgehead atoms. The van der Waals surface area contributed by atoms with Crippen LogP contribution < -0.4 is 0 Å². The lowest BCUT2D eigenvalue weighted by molar-refractivity contribution is 0.00818. The van der Waals surface area contributed by atoms with Crippen LogP contribution in [0.15, 0.2) is 28.6 Å². The Balaban J connectivity index is 0.000000557. The predicted octanol–water partition coefficient (Wildman–Crippen LogP) is 2.26. The average Bonchev–Trinajstić information content (AvgIpc) is 2.16. The van der Waals surface area contributed by atoms with Gasteiger partial charge in [-0.3, -0.25) is 0 Å². The lowest BCUT2D eigenvalue weighted by Gasteiger charge is -1.95. The molecule has 0 spiro atoms. The third-order valence-corrected chi connectivity index (χ3v) is 1.65. The summed E-state index contributed by atoms with van der Waals surface area (Å²) in [6.45, 7) is -3.67. The molecule has 0 fully saturated rings. The van der Waals surface area contributed by atoms with Gasteiger partial charge in [0.15, 0.2) is 0 Å². The molecule has 0 aliphatic rings. The normalized spacial score (nSPS) is 9.18. The second kappa shape index (κ2) is 7.39. The van der Waals surface area contributed by atoms with E-state index in [9.17, 15) is 26.4 Å². The Labute approximate surface area is 95.2 Å². The topological polar surface area (TPSA) is 83.8 Å². The molecule has 1 rings (SSSR count). The summed E-state index contributed by atoms with van der Waals surface area (Å²) in [5, 5.41) is 8.62. The molecular weight excluding hydrogens is 263 g/mol. The van der Waals surface area contributed by atoms with Crippen molar-refractivity contribution in [3.8, 4) is 0 Å². The van der Waals surface area contributed by atoms with E-state index in [4.69, 9.17) is 5.11 Å². The molecule has 94 valence electrons. The van der Waals surface area contributed by atoms with Crippen molar-refractivity contribution in [1.82, 2.24) is 0 Å². The van der Waals surface area contributed by atoms with E-state index in [0.717, 1.165) is 0 Å². The van der Waals surface area contributed by atoms with Crippen molar-refractivity contribution < 1.29 is 31.5 Å². The van der Waals surface area contributed by atoms with Crippen LogP contribution in [0.1, 0.15) is 10.4 Å². The summed E-state index contributed by atoms with van der Waals surface area (Å²) >= 11 is 0. The summed E-state index contributed by atoms with van der Waals surface area (Å²) in [5.41, 5.74) is -0.199. The van der Waals surface area contributed by atoms with Crippen molar-refractivity contribution in [2.24, 2.45) is 4.36 Å². The molecule has 0 aromatic heterocycles. The SMILES string of the molecule is FC(F)F.O=C(O)c1ccccc1N=S(=O)=O. The first kappa shape index (κ1) is 15.1. The summed E-state index contributed by atoms with van der Waals surface area (Å²) in [6.07, 6.45) is 0. The number of carboxylic acids is 1. The van der Waals surface area contributed by atoms with Crippen LogP contribution in [-0.2, 0) is 10.5 Å². The standard InChI is InChI=1S/C7H5NO4S.CHF3/c9-7(10)5-3-1-2-4-6(5)8-13(11)12;2-1(3)4/h1-4H,(H,9,10);1H. The molecule has 9 heteroatoms. The molecule has 1 aromatic carbocycles. The van der Waals surface area contributed by atoms with Crippen molar-refractivity contribution in [3.05, 3.63) is 29.8 Å². The number of halogens is 3. The Morgan fingerprint density at radius 2 is 1.71 bits per heavy atom. The van der Waals surface area contributed by atoms with E-state index >= 15 is 0 Å². The number of hydrogen-bond donors (Lipinski definition) is 1. The minimum absolute atomic E-state index is 0.0664. The summed E-state index contributed by atoms with van der Waals surface area (Å²) in [4.78, 5) is 10.5. The molecule has 1 aromatic rings. The highest BCUT2D eigenvalue weighted by atomic mass is 32.2.